The van der Waals surface area contributed by atoms with Crippen LogP contribution >= 0.6 is 0 Å². The van der Waals surface area contributed by atoms with Crippen LogP contribution in [0.5, 0.6) is 0 Å². The summed E-state index contributed by atoms with van der Waals surface area (Å²) in [6.45, 7) is 6.32. The van der Waals surface area contributed by atoms with Crippen LogP contribution in [0.2, 0.25) is 0 Å². The third-order valence-electron chi connectivity index (χ3n) is 7.10. The SMILES string of the molecule is CCc1ccc(Cc2ccc(CC3OCC(CC4CCC(C)CC4)CO3)cc2)cc1. The number of benzene rings is 2. The smallest absolute Gasteiger partial charge is 0.161 e. The zero-order valence-corrected chi connectivity index (χ0v) is 18.8. The first-order valence-corrected chi connectivity index (χ1v) is 12.1. The van der Waals surface area contributed by atoms with Gasteiger partial charge in [0.15, 0.2) is 6.29 Å². The molecular weight excluding hydrogens is 368 g/mol. The van der Waals surface area contributed by atoms with E-state index in [-0.39, 0.29) is 6.29 Å². The van der Waals surface area contributed by atoms with Crippen molar-refractivity contribution in [1.29, 1.82) is 0 Å². The molecule has 2 aromatic carbocycles. The molecule has 4 rings (SSSR count). The van der Waals surface area contributed by atoms with Gasteiger partial charge in [0, 0.05) is 12.3 Å². The Hall–Kier alpha value is -1.64. The Bertz CT molecular complexity index is 748. The standard InChI is InChI=1S/C28H38O2/c1-3-22-8-10-24(11-9-22)16-25-12-14-26(15-13-25)18-28-29-19-27(20-30-28)17-23-6-4-21(2)5-7-23/h8-15,21,23,27-28H,3-7,16-20H2,1-2H3. The van der Waals surface area contributed by atoms with Gasteiger partial charge in [-0.3, -0.25) is 0 Å². The molecule has 2 nitrogen and oxygen atoms in total. The predicted octanol–water partition coefficient (Wildman–Crippen LogP) is 6.59. The van der Waals surface area contributed by atoms with E-state index in [2.05, 4.69) is 62.4 Å². The molecule has 0 amide bonds. The fraction of sp³-hybridized carbons (Fsp3) is 0.571. The lowest BCUT2D eigenvalue weighted by atomic mass is 9.79. The van der Waals surface area contributed by atoms with Crippen LogP contribution < -0.4 is 0 Å². The second-order valence-corrected chi connectivity index (χ2v) is 9.69. The zero-order valence-electron chi connectivity index (χ0n) is 18.8. The molecule has 1 heterocycles. The second-order valence-electron chi connectivity index (χ2n) is 9.69. The predicted molar refractivity (Wildman–Crippen MR) is 124 cm³/mol. The Morgan fingerprint density at radius 2 is 1.23 bits per heavy atom. The van der Waals surface area contributed by atoms with Crippen LogP contribution in [-0.2, 0) is 28.7 Å². The Kier molecular flexibility index (Phi) is 7.62. The van der Waals surface area contributed by atoms with Crippen molar-refractivity contribution in [2.75, 3.05) is 13.2 Å². The molecule has 0 spiro atoms. The molecule has 2 heteroatoms. The Morgan fingerprint density at radius 3 is 1.80 bits per heavy atom. The quantitative estimate of drug-likeness (QED) is 0.516. The molecule has 1 aliphatic heterocycles. The second kappa shape index (κ2) is 10.6. The maximum atomic E-state index is 6.08. The molecule has 2 aliphatic rings. The van der Waals surface area contributed by atoms with Gasteiger partial charge in [-0.1, -0.05) is 88.1 Å². The highest BCUT2D eigenvalue weighted by Crippen LogP contribution is 2.33. The first kappa shape index (κ1) is 21.6. The normalized spacial score (nSPS) is 27.1. The highest BCUT2D eigenvalue weighted by atomic mass is 16.7. The van der Waals surface area contributed by atoms with Crippen molar-refractivity contribution in [2.24, 2.45) is 17.8 Å². The highest BCUT2D eigenvalue weighted by Gasteiger charge is 2.27. The van der Waals surface area contributed by atoms with Crippen LogP contribution in [0.1, 0.15) is 68.2 Å². The monoisotopic (exact) mass is 406 g/mol. The van der Waals surface area contributed by atoms with Gasteiger partial charge < -0.3 is 9.47 Å². The van der Waals surface area contributed by atoms with E-state index >= 15 is 0 Å². The van der Waals surface area contributed by atoms with Gasteiger partial charge in [-0.2, -0.15) is 0 Å². The lowest BCUT2D eigenvalue weighted by Crippen LogP contribution is -2.34. The number of hydrogen-bond donors (Lipinski definition) is 0. The van der Waals surface area contributed by atoms with Crippen molar-refractivity contribution < 1.29 is 9.47 Å². The summed E-state index contributed by atoms with van der Waals surface area (Å²) < 4.78 is 12.2. The van der Waals surface area contributed by atoms with Crippen molar-refractivity contribution in [3.05, 3.63) is 70.8 Å². The molecule has 0 N–H and O–H groups in total. The van der Waals surface area contributed by atoms with Crippen molar-refractivity contribution in [3.63, 3.8) is 0 Å². The van der Waals surface area contributed by atoms with Gasteiger partial charge in [0.1, 0.15) is 0 Å². The van der Waals surface area contributed by atoms with E-state index in [1.54, 1.807) is 0 Å². The average molecular weight is 407 g/mol. The van der Waals surface area contributed by atoms with E-state index in [1.165, 1.54) is 54.4 Å². The first-order valence-electron chi connectivity index (χ1n) is 12.1. The lowest BCUT2D eigenvalue weighted by Gasteiger charge is -2.33. The lowest BCUT2D eigenvalue weighted by molar-refractivity contribution is -0.201. The van der Waals surface area contributed by atoms with E-state index in [1.807, 2.05) is 0 Å². The number of rotatable bonds is 7. The molecular formula is C28H38O2. The molecule has 1 aliphatic carbocycles. The topological polar surface area (TPSA) is 18.5 Å². The Labute approximate surface area is 183 Å². The molecule has 1 saturated heterocycles. The van der Waals surface area contributed by atoms with Crippen LogP contribution in [0.15, 0.2) is 48.5 Å². The van der Waals surface area contributed by atoms with Gasteiger partial charge in [-0.25, -0.2) is 0 Å². The molecule has 0 atom stereocenters. The summed E-state index contributed by atoms with van der Waals surface area (Å²) in [5.74, 6) is 2.40. The number of ether oxygens (including phenoxy) is 2. The largest absolute Gasteiger partial charge is 0.352 e. The minimum absolute atomic E-state index is 0.0833. The number of hydrogen-bond acceptors (Lipinski definition) is 2. The average Bonchev–Trinajstić information content (AvgIpc) is 2.78. The van der Waals surface area contributed by atoms with Crippen LogP contribution in [-0.4, -0.2) is 19.5 Å². The van der Waals surface area contributed by atoms with E-state index in [4.69, 9.17) is 9.47 Å². The third kappa shape index (κ3) is 6.18. The molecule has 30 heavy (non-hydrogen) atoms. The van der Waals surface area contributed by atoms with E-state index in [9.17, 15) is 0 Å². The third-order valence-corrected chi connectivity index (χ3v) is 7.10. The van der Waals surface area contributed by atoms with Gasteiger partial charge in [0.2, 0.25) is 0 Å². The van der Waals surface area contributed by atoms with Crippen LogP contribution in [0.4, 0.5) is 0 Å². The molecule has 0 radical (unpaired) electrons. The summed E-state index contributed by atoms with van der Waals surface area (Å²) in [4.78, 5) is 0. The van der Waals surface area contributed by atoms with E-state index in [0.717, 1.165) is 44.3 Å². The Balaban J connectivity index is 1.20. The maximum Gasteiger partial charge on any atom is 0.161 e. The highest BCUT2D eigenvalue weighted by molar-refractivity contribution is 5.30. The first-order chi connectivity index (χ1) is 14.7. The Morgan fingerprint density at radius 1 is 0.700 bits per heavy atom. The molecule has 0 bridgehead atoms. The van der Waals surface area contributed by atoms with E-state index < -0.39 is 0 Å². The fourth-order valence-corrected chi connectivity index (χ4v) is 4.99. The molecule has 162 valence electrons. The van der Waals surface area contributed by atoms with Crippen molar-refractivity contribution in [3.8, 4) is 0 Å². The van der Waals surface area contributed by atoms with Crippen LogP contribution in [0, 0.1) is 17.8 Å². The van der Waals surface area contributed by atoms with Gasteiger partial charge in [-0.05, 0) is 53.4 Å². The minimum atomic E-state index is -0.0833. The summed E-state index contributed by atoms with van der Waals surface area (Å²) in [6.07, 6.45) is 9.74. The molecule has 2 fully saturated rings. The van der Waals surface area contributed by atoms with Gasteiger partial charge >= 0.3 is 0 Å². The summed E-state index contributed by atoms with van der Waals surface area (Å²) in [7, 11) is 0. The summed E-state index contributed by atoms with van der Waals surface area (Å²) in [5, 5.41) is 0. The fourth-order valence-electron chi connectivity index (χ4n) is 4.99. The van der Waals surface area contributed by atoms with Gasteiger partial charge in [0.25, 0.3) is 0 Å². The molecule has 1 saturated carbocycles. The molecule has 2 aromatic rings. The number of aryl methyl sites for hydroxylation is 1. The van der Waals surface area contributed by atoms with Gasteiger partial charge in [0.05, 0.1) is 13.2 Å². The maximum absolute atomic E-state index is 6.08. The summed E-state index contributed by atoms with van der Waals surface area (Å²) >= 11 is 0. The van der Waals surface area contributed by atoms with Crippen LogP contribution in [0.3, 0.4) is 0 Å². The summed E-state index contributed by atoms with van der Waals surface area (Å²) in [6, 6.07) is 17.9. The molecule has 0 aromatic heterocycles. The van der Waals surface area contributed by atoms with Crippen molar-refractivity contribution in [1.82, 2.24) is 0 Å². The van der Waals surface area contributed by atoms with Gasteiger partial charge in [-0.15, -0.1) is 0 Å². The zero-order chi connectivity index (χ0) is 20.8. The van der Waals surface area contributed by atoms with Crippen LogP contribution in [0.25, 0.3) is 0 Å². The van der Waals surface area contributed by atoms with Crippen molar-refractivity contribution in [2.45, 2.75) is 71.5 Å². The summed E-state index contributed by atoms with van der Waals surface area (Å²) in [5.41, 5.74) is 5.43. The minimum Gasteiger partial charge on any atom is -0.352 e. The molecule has 0 unspecified atom stereocenters. The van der Waals surface area contributed by atoms with E-state index in [0.29, 0.717) is 5.92 Å². The van der Waals surface area contributed by atoms with Crippen molar-refractivity contribution >= 4 is 0 Å².